The Balaban J connectivity index is 2.38. The fourth-order valence-corrected chi connectivity index (χ4v) is 2.87. The number of aryl methyl sites for hydroxylation is 1. The van der Waals surface area contributed by atoms with Gasteiger partial charge in [-0.2, -0.15) is 4.31 Å². The fourth-order valence-electron chi connectivity index (χ4n) is 2.27. The number of likely N-dealkylation sites (N-methyl/N-ethyl adjacent to an activating group) is 1. The van der Waals surface area contributed by atoms with Gasteiger partial charge in [0.1, 0.15) is 6.04 Å². The zero-order chi connectivity index (χ0) is 17.0. The highest BCUT2D eigenvalue weighted by Gasteiger charge is 2.30. The van der Waals surface area contributed by atoms with Crippen LogP contribution in [0.1, 0.15) is 17.2 Å². The number of carbonyl (C=O) groups is 1. The molecule has 5 nitrogen and oxygen atoms in total. The maximum Gasteiger partial charge on any atom is 0.247 e. The zero-order valence-electron chi connectivity index (χ0n) is 13.4. The second kappa shape index (κ2) is 6.93. The summed E-state index contributed by atoms with van der Waals surface area (Å²) in [4.78, 5) is 12.7. The first-order valence-electron chi connectivity index (χ1n) is 7.15. The smallest absolute Gasteiger partial charge is 0.247 e. The van der Waals surface area contributed by atoms with Crippen molar-refractivity contribution in [2.45, 2.75) is 13.0 Å². The molecule has 1 N–H and O–H groups in total. The summed E-state index contributed by atoms with van der Waals surface area (Å²) in [6.07, 6.45) is 1.09. The van der Waals surface area contributed by atoms with Gasteiger partial charge in [-0.15, -0.1) is 0 Å². The second-order valence-electron chi connectivity index (χ2n) is 5.40. The Morgan fingerprint density at radius 2 is 1.61 bits per heavy atom. The van der Waals surface area contributed by atoms with Crippen molar-refractivity contribution < 1.29 is 13.2 Å². The standard InChI is InChI=1S/C17H20N2O3S/c1-13-9-7-8-12-15(13)18-17(20)16(19(2)23(3,21)22)14-10-5-4-6-11-14/h4-12,16H,1-3H3,(H,18,20)/t16-/m1/s1. The molecule has 0 heterocycles. The maximum absolute atomic E-state index is 12.7. The molecule has 0 saturated heterocycles. The van der Waals surface area contributed by atoms with E-state index < -0.39 is 22.0 Å². The van der Waals surface area contributed by atoms with Crippen LogP contribution >= 0.6 is 0 Å². The molecule has 2 rings (SSSR count). The summed E-state index contributed by atoms with van der Waals surface area (Å²) in [6.45, 7) is 1.88. The van der Waals surface area contributed by atoms with E-state index in [1.165, 1.54) is 7.05 Å². The van der Waals surface area contributed by atoms with Gasteiger partial charge in [-0.3, -0.25) is 4.79 Å². The minimum atomic E-state index is -3.53. The average Bonchev–Trinajstić information content (AvgIpc) is 2.50. The summed E-state index contributed by atoms with van der Waals surface area (Å²) in [5.41, 5.74) is 2.20. The third-order valence-electron chi connectivity index (χ3n) is 3.65. The third-order valence-corrected chi connectivity index (χ3v) is 4.91. The van der Waals surface area contributed by atoms with Gasteiger partial charge in [0.15, 0.2) is 0 Å². The van der Waals surface area contributed by atoms with Crippen molar-refractivity contribution in [2.75, 3.05) is 18.6 Å². The first kappa shape index (κ1) is 17.2. The largest absolute Gasteiger partial charge is 0.324 e. The first-order chi connectivity index (χ1) is 10.8. The number of amides is 1. The molecule has 0 saturated carbocycles. The fraction of sp³-hybridized carbons (Fsp3) is 0.235. The van der Waals surface area contributed by atoms with Crippen LogP contribution in [0.2, 0.25) is 0 Å². The van der Waals surface area contributed by atoms with E-state index in [9.17, 15) is 13.2 Å². The minimum Gasteiger partial charge on any atom is -0.324 e. The molecule has 0 aliphatic heterocycles. The van der Waals surface area contributed by atoms with Crippen molar-refractivity contribution in [2.24, 2.45) is 0 Å². The lowest BCUT2D eigenvalue weighted by Gasteiger charge is -2.26. The van der Waals surface area contributed by atoms with Crippen LogP contribution in [-0.4, -0.2) is 31.9 Å². The van der Waals surface area contributed by atoms with E-state index >= 15 is 0 Å². The number of nitrogens with zero attached hydrogens (tertiary/aromatic N) is 1. The van der Waals surface area contributed by atoms with Crippen molar-refractivity contribution in [3.63, 3.8) is 0 Å². The van der Waals surface area contributed by atoms with Gasteiger partial charge < -0.3 is 5.32 Å². The SMILES string of the molecule is Cc1ccccc1NC(=O)[C@@H](c1ccccc1)N(C)S(C)(=O)=O. The molecule has 0 unspecified atom stereocenters. The van der Waals surface area contributed by atoms with Gasteiger partial charge >= 0.3 is 0 Å². The lowest BCUT2D eigenvalue weighted by atomic mass is 10.1. The molecule has 0 aliphatic rings. The molecule has 6 heteroatoms. The van der Waals surface area contributed by atoms with Crippen LogP contribution in [0.4, 0.5) is 5.69 Å². The number of hydrogen-bond acceptors (Lipinski definition) is 3. The molecule has 23 heavy (non-hydrogen) atoms. The molecule has 2 aromatic carbocycles. The molecular formula is C17H20N2O3S. The quantitative estimate of drug-likeness (QED) is 0.915. The van der Waals surface area contributed by atoms with E-state index in [1.807, 2.05) is 31.2 Å². The van der Waals surface area contributed by atoms with Crippen molar-refractivity contribution in [3.05, 3.63) is 65.7 Å². The van der Waals surface area contributed by atoms with Crippen LogP contribution < -0.4 is 5.32 Å². The number of sulfonamides is 1. The molecule has 1 atom stereocenters. The second-order valence-corrected chi connectivity index (χ2v) is 7.44. The van der Waals surface area contributed by atoms with Crippen LogP contribution in [0.3, 0.4) is 0 Å². The number of nitrogens with one attached hydrogen (secondary N) is 1. The number of para-hydroxylation sites is 1. The van der Waals surface area contributed by atoms with Gasteiger partial charge in [-0.1, -0.05) is 48.5 Å². The van der Waals surface area contributed by atoms with Crippen molar-refractivity contribution in [3.8, 4) is 0 Å². The number of benzene rings is 2. The van der Waals surface area contributed by atoms with Gasteiger partial charge in [0.05, 0.1) is 6.26 Å². The summed E-state index contributed by atoms with van der Waals surface area (Å²) in [5.74, 6) is -0.390. The predicted octanol–water partition coefficient (Wildman–Crippen LogP) is 2.57. The van der Waals surface area contributed by atoms with Crippen molar-refractivity contribution >= 4 is 21.6 Å². The Kier molecular flexibility index (Phi) is 5.18. The molecule has 0 fully saturated rings. The van der Waals surface area contributed by atoms with E-state index in [0.29, 0.717) is 11.3 Å². The van der Waals surface area contributed by atoms with Crippen molar-refractivity contribution in [1.29, 1.82) is 0 Å². The van der Waals surface area contributed by atoms with Gasteiger partial charge in [0.25, 0.3) is 0 Å². The summed E-state index contributed by atoms with van der Waals surface area (Å²) in [7, 11) is -2.12. The zero-order valence-corrected chi connectivity index (χ0v) is 14.2. The van der Waals surface area contributed by atoms with E-state index in [0.717, 1.165) is 16.1 Å². The van der Waals surface area contributed by atoms with Crippen LogP contribution in [0.15, 0.2) is 54.6 Å². The number of hydrogen-bond donors (Lipinski definition) is 1. The average molecular weight is 332 g/mol. The van der Waals surface area contributed by atoms with E-state index in [2.05, 4.69) is 5.32 Å². The summed E-state index contributed by atoms with van der Waals surface area (Å²) in [5, 5.41) is 2.82. The predicted molar refractivity (Wildman–Crippen MR) is 91.6 cm³/mol. The molecule has 0 aromatic heterocycles. The highest BCUT2D eigenvalue weighted by Crippen LogP contribution is 2.24. The van der Waals surface area contributed by atoms with Crippen LogP contribution in [0.5, 0.6) is 0 Å². The van der Waals surface area contributed by atoms with Crippen LogP contribution in [-0.2, 0) is 14.8 Å². The molecule has 0 radical (unpaired) electrons. The van der Waals surface area contributed by atoms with E-state index in [1.54, 1.807) is 30.3 Å². The Morgan fingerprint density at radius 1 is 1.04 bits per heavy atom. The van der Waals surface area contributed by atoms with Gasteiger partial charge in [-0.25, -0.2) is 8.42 Å². The monoisotopic (exact) mass is 332 g/mol. The van der Waals surface area contributed by atoms with E-state index in [4.69, 9.17) is 0 Å². The highest BCUT2D eigenvalue weighted by atomic mass is 32.2. The molecule has 0 bridgehead atoms. The lowest BCUT2D eigenvalue weighted by Crippen LogP contribution is -2.38. The van der Waals surface area contributed by atoms with E-state index in [-0.39, 0.29) is 0 Å². The van der Waals surface area contributed by atoms with Crippen molar-refractivity contribution in [1.82, 2.24) is 4.31 Å². The van der Waals surface area contributed by atoms with Gasteiger partial charge in [0, 0.05) is 12.7 Å². The summed E-state index contributed by atoms with van der Waals surface area (Å²) < 4.78 is 24.9. The number of rotatable bonds is 5. The van der Waals surface area contributed by atoms with Crippen LogP contribution in [0.25, 0.3) is 0 Å². The highest BCUT2D eigenvalue weighted by molar-refractivity contribution is 7.88. The minimum absolute atomic E-state index is 0.390. The molecular weight excluding hydrogens is 312 g/mol. The maximum atomic E-state index is 12.7. The Labute approximate surface area is 137 Å². The Bertz CT molecular complexity index is 788. The molecule has 122 valence electrons. The number of carbonyl (C=O) groups excluding carboxylic acids is 1. The third kappa shape index (κ3) is 4.18. The summed E-state index contributed by atoms with van der Waals surface area (Å²) in [6, 6.07) is 15.3. The lowest BCUT2D eigenvalue weighted by molar-refractivity contribution is -0.119. The normalized spacial score (nSPS) is 12.9. The van der Waals surface area contributed by atoms with Gasteiger partial charge in [0.2, 0.25) is 15.9 Å². The molecule has 1 amide bonds. The molecule has 0 aliphatic carbocycles. The Morgan fingerprint density at radius 3 is 2.17 bits per heavy atom. The topological polar surface area (TPSA) is 66.5 Å². The van der Waals surface area contributed by atoms with Crippen LogP contribution in [0, 0.1) is 6.92 Å². The van der Waals surface area contributed by atoms with Gasteiger partial charge in [-0.05, 0) is 24.1 Å². The first-order valence-corrected chi connectivity index (χ1v) is 9.00. The molecule has 0 spiro atoms. The molecule has 2 aromatic rings. The number of anilines is 1. The summed E-state index contributed by atoms with van der Waals surface area (Å²) >= 11 is 0. The Hall–Kier alpha value is -2.18.